The van der Waals surface area contributed by atoms with Crippen molar-refractivity contribution in [3.05, 3.63) is 62.4 Å². The molecule has 0 spiro atoms. The minimum absolute atomic E-state index is 0.112. The molecule has 110 valence electrons. The maximum absolute atomic E-state index is 13.2. The van der Waals surface area contributed by atoms with E-state index in [4.69, 9.17) is 9.47 Å². The van der Waals surface area contributed by atoms with E-state index < -0.39 is 10.7 Å². The van der Waals surface area contributed by atoms with E-state index in [1.807, 2.05) is 0 Å². The van der Waals surface area contributed by atoms with Crippen LogP contribution in [0.2, 0.25) is 0 Å². The van der Waals surface area contributed by atoms with Crippen molar-refractivity contribution in [1.29, 1.82) is 0 Å². The monoisotopic (exact) mass is 355 g/mol. The van der Waals surface area contributed by atoms with Crippen molar-refractivity contribution in [3.8, 4) is 11.5 Å². The normalized spacial score (nSPS) is 10.2. The number of methoxy groups -OCH3 is 1. The number of nitro groups is 1. The van der Waals surface area contributed by atoms with Gasteiger partial charge in [-0.3, -0.25) is 10.1 Å². The molecule has 0 fully saturated rings. The highest BCUT2D eigenvalue weighted by Gasteiger charge is 2.15. The fourth-order valence-electron chi connectivity index (χ4n) is 1.73. The van der Waals surface area contributed by atoms with E-state index in [0.29, 0.717) is 16.0 Å². The van der Waals surface area contributed by atoms with Gasteiger partial charge in [0, 0.05) is 6.07 Å². The number of halogens is 2. The molecular weight excluding hydrogens is 345 g/mol. The standard InChI is InChI=1S/C14H11BrFNO4/c1-20-11-3-5-14(12(15)7-11)21-8-9-6-10(16)2-4-13(9)17(18)19/h2-7H,8H2,1H3. The second-order valence-electron chi connectivity index (χ2n) is 4.12. The van der Waals surface area contributed by atoms with E-state index in [1.165, 1.54) is 0 Å². The van der Waals surface area contributed by atoms with E-state index in [1.54, 1.807) is 25.3 Å². The van der Waals surface area contributed by atoms with Crippen LogP contribution in [0.25, 0.3) is 0 Å². The summed E-state index contributed by atoms with van der Waals surface area (Å²) in [5.41, 5.74) is -0.0104. The predicted octanol–water partition coefficient (Wildman–Crippen LogP) is 4.08. The van der Waals surface area contributed by atoms with Gasteiger partial charge in [0.2, 0.25) is 0 Å². The van der Waals surface area contributed by atoms with Crippen molar-refractivity contribution in [1.82, 2.24) is 0 Å². The number of nitro benzene ring substituents is 1. The zero-order chi connectivity index (χ0) is 15.4. The van der Waals surface area contributed by atoms with Crippen LogP contribution in [0.4, 0.5) is 10.1 Å². The van der Waals surface area contributed by atoms with Gasteiger partial charge < -0.3 is 9.47 Å². The highest BCUT2D eigenvalue weighted by molar-refractivity contribution is 9.10. The molecule has 2 rings (SSSR count). The summed E-state index contributed by atoms with van der Waals surface area (Å²) < 4.78 is 24.4. The molecule has 0 saturated heterocycles. The van der Waals surface area contributed by atoms with Crippen molar-refractivity contribution in [3.63, 3.8) is 0 Å². The van der Waals surface area contributed by atoms with Crippen LogP contribution in [0, 0.1) is 15.9 Å². The Morgan fingerprint density at radius 2 is 2.05 bits per heavy atom. The summed E-state index contributed by atoms with van der Waals surface area (Å²) in [5, 5.41) is 10.9. The van der Waals surface area contributed by atoms with Gasteiger partial charge in [-0.2, -0.15) is 0 Å². The molecule has 0 N–H and O–H groups in total. The Kier molecular flexibility index (Phi) is 4.74. The van der Waals surface area contributed by atoms with Gasteiger partial charge in [0.05, 0.1) is 22.1 Å². The Bertz CT molecular complexity index is 678. The first kappa shape index (κ1) is 15.2. The minimum Gasteiger partial charge on any atom is -0.497 e. The van der Waals surface area contributed by atoms with Gasteiger partial charge in [-0.1, -0.05) is 0 Å². The highest BCUT2D eigenvalue weighted by atomic mass is 79.9. The number of rotatable bonds is 5. The van der Waals surface area contributed by atoms with Crippen molar-refractivity contribution in [2.24, 2.45) is 0 Å². The third kappa shape index (κ3) is 3.69. The Morgan fingerprint density at radius 3 is 2.67 bits per heavy atom. The summed E-state index contributed by atoms with van der Waals surface area (Å²) in [4.78, 5) is 10.3. The minimum atomic E-state index is -0.568. The first-order valence-corrected chi connectivity index (χ1v) is 6.69. The van der Waals surface area contributed by atoms with Crippen molar-refractivity contribution in [2.75, 3.05) is 7.11 Å². The number of ether oxygens (including phenoxy) is 2. The van der Waals surface area contributed by atoms with E-state index in [-0.39, 0.29) is 17.9 Å². The van der Waals surface area contributed by atoms with Gasteiger partial charge in [-0.15, -0.1) is 0 Å². The average molecular weight is 356 g/mol. The van der Waals surface area contributed by atoms with Crippen LogP contribution in [-0.4, -0.2) is 12.0 Å². The van der Waals surface area contributed by atoms with Gasteiger partial charge >= 0.3 is 0 Å². The summed E-state index contributed by atoms with van der Waals surface area (Å²) >= 11 is 3.31. The molecule has 0 amide bonds. The van der Waals surface area contributed by atoms with Gasteiger partial charge in [-0.05, 0) is 46.3 Å². The van der Waals surface area contributed by atoms with Crippen molar-refractivity contribution < 1.29 is 18.8 Å². The van der Waals surface area contributed by atoms with E-state index >= 15 is 0 Å². The second kappa shape index (κ2) is 6.53. The van der Waals surface area contributed by atoms with Gasteiger partial charge in [0.1, 0.15) is 23.9 Å². The van der Waals surface area contributed by atoms with E-state index in [9.17, 15) is 14.5 Å². The average Bonchev–Trinajstić information content (AvgIpc) is 2.45. The highest BCUT2D eigenvalue weighted by Crippen LogP contribution is 2.30. The van der Waals surface area contributed by atoms with E-state index in [2.05, 4.69) is 15.9 Å². The number of nitrogens with zero attached hydrogens (tertiary/aromatic N) is 1. The first-order valence-electron chi connectivity index (χ1n) is 5.90. The molecule has 0 heterocycles. The third-order valence-corrected chi connectivity index (χ3v) is 3.38. The maximum atomic E-state index is 13.2. The van der Waals surface area contributed by atoms with Crippen LogP contribution >= 0.6 is 15.9 Å². The molecule has 5 nitrogen and oxygen atoms in total. The summed E-state index contributed by atoms with van der Waals surface area (Å²) in [6.07, 6.45) is 0. The lowest BCUT2D eigenvalue weighted by Crippen LogP contribution is -2.01. The van der Waals surface area contributed by atoms with Crippen LogP contribution in [0.3, 0.4) is 0 Å². The molecule has 7 heteroatoms. The fraction of sp³-hybridized carbons (Fsp3) is 0.143. The maximum Gasteiger partial charge on any atom is 0.276 e. The SMILES string of the molecule is COc1ccc(OCc2cc(F)ccc2[N+](=O)[O-])c(Br)c1. The van der Waals surface area contributed by atoms with Crippen LogP contribution in [0.15, 0.2) is 40.9 Å². The number of hydrogen-bond acceptors (Lipinski definition) is 4. The lowest BCUT2D eigenvalue weighted by atomic mass is 10.2. The Labute approximate surface area is 128 Å². The molecule has 0 radical (unpaired) electrons. The summed E-state index contributed by atoms with van der Waals surface area (Å²) in [7, 11) is 1.54. The smallest absolute Gasteiger partial charge is 0.276 e. The van der Waals surface area contributed by atoms with Crippen LogP contribution in [0.1, 0.15) is 5.56 Å². The van der Waals surface area contributed by atoms with Crippen molar-refractivity contribution >= 4 is 21.6 Å². The molecule has 0 bridgehead atoms. The Hall–Kier alpha value is -2.15. The summed E-state index contributed by atoms with van der Waals surface area (Å²) in [6.45, 7) is -0.112. The number of hydrogen-bond donors (Lipinski definition) is 0. The molecule has 2 aromatic rings. The lowest BCUT2D eigenvalue weighted by molar-refractivity contribution is -0.385. The van der Waals surface area contributed by atoms with E-state index in [0.717, 1.165) is 18.2 Å². The Balaban J connectivity index is 2.20. The molecule has 21 heavy (non-hydrogen) atoms. The topological polar surface area (TPSA) is 61.6 Å². The lowest BCUT2D eigenvalue weighted by Gasteiger charge is -2.10. The third-order valence-electron chi connectivity index (χ3n) is 2.76. The molecule has 0 atom stereocenters. The van der Waals surface area contributed by atoms with Gasteiger partial charge in [0.15, 0.2) is 0 Å². The van der Waals surface area contributed by atoms with Crippen LogP contribution in [-0.2, 0) is 6.61 Å². The predicted molar refractivity (Wildman–Crippen MR) is 78.1 cm³/mol. The molecule has 0 aromatic heterocycles. The molecule has 0 aliphatic carbocycles. The first-order chi connectivity index (χ1) is 10.0. The quantitative estimate of drug-likeness (QED) is 0.598. The molecule has 0 saturated carbocycles. The van der Waals surface area contributed by atoms with Gasteiger partial charge in [-0.25, -0.2) is 4.39 Å². The molecular formula is C14H11BrFNO4. The van der Waals surface area contributed by atoms with Gasteiger partial charge in [0.25, 0.3) is 5.69 Å². The fourth-order valence-corrected chi connectivity index (χ4v) is 2.20. The zero-order valence-corrected chi connectivity index (χ0v) is 12.6. The van der Waals surface area contributed by atoms with Crippen molar-refractivity contribution in [2.45, 2.75) is 6.61 Å². The largest absolute Gasteiger partial charge is 0.497 e. The summed E-state index contributed by atoms with van der Waals surface area (Å²) in [6, 6.07) is 8.32. The molecule has 0 unspecified atom stereocenters. The second-order valence-corrected chi connectivity index (χ2v) is 4.97. The molecule has 2 aromatic carbocycles. The van der Waals surface area contributed by atoms with Crippen LogP contribution in [0.5, 0.6) is 11.5 Å². The Morgan fingerprint density at radius 1 is 1.29 bits per heavy atom. The molecule has 0 aliphatic heterocycles. The number of benzene rings is 2. The molecule has 0 aliphatic rings. The zero-order valence-electron chi connectivity index (χ0n) is 11.0. The van der Waals surface area contributed by atoms with Crippen LogP contribution < -0.4 is 9.47 Å². The summed E-state index contributed by atoms with van der Waals surface area (Å²) in [5.74, 6) is 0.577.